The lowest BCUT2D eigenvalue weighted by Gasteiger charge is -2.29. The van der Waals surface area contributed by atoms with Crippen molar-refractivity contribution in [2.45, 2.75) is 25.9 Å². The van der Waals surface area contributed by atoms with E-state index < -0.39 is 18.0 Å². The zero-order chi connectivity index (χ0) is 24.3. The predicted octanol–water partition coefficient (Wildman–Crippen LogP) is 4.01. The predicted molar refractivity (Wildman–Crippen MR) is 123 cm³/mol. The summed E-state index contributed by atoms with van der Waals surface area (Å²) in [5, 5.41) is 11.8. The molecule has 1 aliphatic rings. The van der Waals surface area contributed by atoms with Crippen molar-refractivity contribution in [2.75, 3.05) is 33.1 Å². The van der Waals surface area contributed by atoms with Gasteiger partial charge in [0, 0.05) is 31.2 Å². The van der Waals surface area contributed by atoms with Crippen molar-refractivity contribution in [3.8, 4) is 11.5 Å². The maximum absolute atomic E-state index is 13.5. The lowest BCUT2D eigenvalue weighted by Crippen LogP contribution is -2.34. The Morgan fingerprint density at radius 1 is 1.24 bits per heavy atom. The van der Waals surface area contributed by atoms with Gasteiger partial charge < -0.3 is 24.4 Å². The number of nitrogens with zero attached hydrogens (tertiary/aromatic N) is 2. The van der Waals surface area contributed by atoms with Gasteiger partial charge in [-0.15, -0.1) is 0 Å². The standard InChI is InChI=1S/C23H26ClN3O6/c1-5-33-19-10-13(6-9-18(19)32-4)17(11-20(28)26(2)3)27-12-14-15(24)7-8-16(25-23(30)31)21(14)22(27)29/h6-10,17,25H,5,11-12H2,1-4H3,(H,30,31)/t17-/m1/s1. The highest BCUT2D eigenvalue weighted by atomic mass is 35.5. The van der Waals surface area contributed by atoms with Crippen LogP contribution in [0, 0.1) is 0 Å². The van der Waals surface area contributed by atoms with Crippen LogP contribution in [0.1, 0.15) is 40.9 Å². The van der Waals surface area contributed by atoms with E-state index in [1.54, 1.807) is 38.4 Å². The maximum atomic E-state index is 13.5. The Kier molecular flexibility index (Phi) is 7.33. The summed E-state index contributed by atoms with van der Waals surface area (Å²) >= 11 is 6.36. The molecule has 2 aromatic carbocycles. The highest BCUT2D eigenvalue weighted by Crippen LogP contribution is 2.41. The number of carboxylic acid groups (broad SMARTS) is 1. The van der Waals surface area contributed by atoms with Crippen LogP contribution in [0.4, 0.5) is 10.5 Å². The first-order valence-electron chi connectivity index (χ1n) is 10.3. The fourth-order valence-corrected chi connectivity index (χ4v) is 4.02. The average molecular weight is 476 g/mol. The Bertz CT molecular complexity index is 1090. The topological polar surface area (TPSA) is 108 Å². The molecule has 1 aliphatic heterocycles. The lowest BCUT2D eigenvalue weighted by atomic mass is 10.0. The van der Waals surface area contributed by atoms with Gasteiger partial charge in [0.1, 0.15) is 0 Å². The Morgan fingerprint density at radius 3 is 2.58 bits per heavy atom. The molecule has 9 nitrogen and oxygen atoms in total. The molecule has 0 aliphatic carbocycles. The molecular formula is C23H26ClN3O6. The monoisotopic (exact) mass is 475 g/mol. The smallest absolute Gasteiger partial charge is 0.409 e. The van der Waals surface area contributed by atoms with E-state index in [2.05, 4.69) is 5.32 Å². The third kappa shape index (κ3) is 4.98. The van der Waals surface area contributed by atoms with Gasteiger partial charge in [-0.1, -0.05) is 17.7 Å². The minimum atomic E-state index is -1.29. The molecule has 10 heteroatoms. The number of carbonyl (C=O) groups excluding carboxylic acids is 2. The second-order valence-corrected chi connectivity index (χ2v) is 8.07. The first-order valence-corrected chi connectivity index (χ1v) is 10.7. The van der Waals surface area contributed by atoms with Crippen molar-refractivity contribution in [2.24, 2.45) is 0 Å². The van der Waals surface area contributed by atoms with Crippen LogP contribution >= 0.6 is 11.6 Å². The molecule has 1 heterocycles. The summed E-state index contributed by atoms with van der Waals surface area (Å²) in [5.74, 6) is 0.439. The number of methoxy groups -OCH3 is 1. The SMILES string of the molecule is CCOc1cc([C@@H](CC(=O)N(C)C)N2Cc3c(Cl)ccc(NC(=O)O)c3C2=O)ccc1OC. The Labute approximate surface area is 196 Å². The normalized spacial score (nSPS) is 13.4. The number of hydrogen-bond acceptors (Lipinski definition) is 5. The van der Waals surface area contributed by atoms with E-state index in [1.807, 2.05) is 6.92 Å². The van der Waals surface area contributed by atoms with Crippen molar-refractivity contribution in [3.63, 3.8) is 0 Å². The van der Waals surface area contributed by atoms with Gasteiger partial charge in [-0.25, -0.2) is 4.79 Å². The van der Waals surface area contributed by atoms with Gasteiger partial charge in [0.25, 0.3) is 5.91 Å². The molecule has 0 saturated carbocycles. The van der Waals surface area contributed by atoms with E-state index in [-0.39, 0.29) is 30.1 Å². The Balaban J connectivity index is 2.08. The molecule has 0 unspecified atom stereocenters. The highest BCUT2D eigenvalue weighted by molar-refractivity contribution is 6.32. The molecule has 2 N–H and O–H groups in total. The zero-order valence-corrected chi connectivity index (χ0v) is 19.6. The van der Waals surface area contributed by atoms with Crippen LogP contribution < -0.4 is 14.8 Å². The third-order valence-corrected chi connectivity index (χ3v) is 5.77. The Morgan fingerprint density at radius 2 is 1.97 bits per heavy atom. The summed E-state index contributed by atoms with van der Waals surface area (Å²) in [7, 11) is 4.82. The van der Waals surface area contributed by atoms with Gasteiger partial charge in [0.2, 0.25) is 5.91 Å². The number of anilines is 1. The third-order valence-electron chi connectivity index (χ3n) is 5.42. The van der Waals surface area contributed by atoms with E-state index in [1.165, 1.54) is 23.0 Å². The van der Waals surface area contributed by atoms with E-state index in [9.17, 15) is 19.5 Å². The number of rotatable bonds is 8. The quantitative estimate of drug-likeness (QED) is 0.597. The van der Waals surface area contributed by atoms with Crippen LogP contribution in [0.2, 0.25) is 5.02 Å². The molecule has 3 amide bonds. The van der Waals surface area contributed by atoms with E-state index in [4.69, 9.17) is 21.1 Å². The summed E-state index contributed by atoms with van der Waals surface area (Å²) < 4.78 is 11.0. The average Bonchev–Trinajstić information content (AvgIpc) is 3.11. The molecule has 0 fully saturated rings. The zero-order valence-electron chi connectivity index (χ0n) is 18.8. The number of nitrogens with one attached hydrogen (secondary N) is 1. The van der Waals surface area contributed by atoms with E-state index in [0.717, 1.165) is 0 Å². The molecule has 3 rings (SSSR count). The largest absolute Gasteiger partial charge is 0.493 e. The van der Waals surface area contributed by atoms with Crippen molar-refractivity contribution in [1.82, 2.24) is 9.80 Å². The minimum absolute atomic E-state index is 0.0178. The molecule has 33 heavy (non-hydrogen) atoms. The summed E-state index contributed by atoms with van der Waals surface area (Å²) in [6.07, 6.45) is -1.27. The number of fused-ring (bicyclic) bond motifs is 1. The summed E-state index contributed by atoms with van der Waals surface area (Å²) in [6.45, 7) is 2.39. The molecule has 0 bridgehead atoms. The van der Waals surface area contributed by atoms with Gasteiger partial charge in [-0.2, -0.15) is 0 Å². The lowest BCUT2D eigenvalue weighted by molar-refractivity contribution is -0.129. The van der Waals surface area contributed by atoms with Crippen LogP contribution in [0.5, 0.6) is 11.5 Å². The minimum Gasteiger partial charge on any atom is -0.493 e. The highest BCUT2D eigenvalue weighted by Gasteiger charge is 2.38. The van der Waals surface area contributed by atoms with Gasteiger partial charge in [0.15, 0.2) is 11.5 Å². The van der Waals surface area contributed by atoms with Gasteiger partial charge in [-0.3, -0.25) is 14.9 Å². The van der Waals surface area contributed by atoms with Gasteiger partial charge in [-0.05, 0) is 36.8 Å². The van der Waals surface area contributed by atoms with Crippen LogP contribution in [-0.4, -0.2) is 60.6 Å². The van der Waals surface area contributed by atoms with Crippen LogP contribution in [-0.2, 0) is 11.3 Å². The summed E-state index contributed by atoms with van der Waals surface area (Å²) in [6, 6.07) is 7.62. The van der Waals surface area contributed by atoms with E-state index in [0.29, 0.717) is 34.3 Å². The van der Waals surface area contributed by atoms with Crippen molar-refractivity contribution >= 4 is 35.2 Å². The number of halogens is 1. The maximum Gasteiger partial charge on any atom is 0.409 e. The molecule has 0 spiro atoms. The molecule has 0 saturated heterocycles. The first kappa shape index (κ1) is 24.2. The molecule has 2 aromatic rings. The van der Waals surface area contributed by atoms with Crippen molar-refractivity contribution < 1.29 is 29.0 Å². The number of amides is 3. The molecule has 176 valence electrons. The number of benzene rings is 2. The molecular weight excluding hydrogens is 450 g/mol. The van der Waals surface area contributed by atoms with Crippen LogP contribution in [0.3, 0.4) is 0 Å². The molecule has 0 radical (unpaired) electrons. The fraction of sp³-hybridized carbons (Fsp3) is 0.348. The van der Waals surface area contributed by atoms with Gasteiger partial charge >= 0.3 is 6.09 Å². The second kappa shape index (κ2) is 9.99. The molecule has 0 aromatic heterocycles. The Hall–Kier alpha value is -3.46. The van der Waals surface area contributed by atoms with Crippen molar-refractivity contribution in [3.05, 3.63) is 52.0 Å². The van der Waals surface area contributed by atoms with Crippen LogP contribution in [0.25, 0.3) is 0 Å². The number of carbonyl (C=O) groups is 3. The van der Waals surface area contributed by atoms with Crippen molar-refractivity contribution in [1.29, 1.82) is 0 Å². The summed E-state index contributed by atoms with van der Waals surface area (Å²) in [5.41, 5.74) is 1.52. The number of hydrogen-bond donors (Lipinski definition) is 2. The number of ether oxygens (including phenoxy) is 2. The van der Waals surface area contributed by atoms with Gasteiger partial charge in [0.05, 0.1) is 37.4 Å². The van der Waals surface area contributed by atoms with E-state index >= 15 is 0 Å². The second-order valence-electron chi connectivity index (χ2n) is 7.66. The first-order chi connectivity index (χ1) is 15.7. The van der Waals surface area contributed by atoms with Crippen LogP contribution in [0.15, 0.2) is 30.3 Å². The molecule has 1 atom stereocenters. The fourth-order valence-electron chi connectivity index (χ4n) is 3.80. The summed E-state index contributed by atoms with van der Waals surface area (Å²) in [4.78, 5) is 40.4.